The molecule has 0 aliphatic carbocycles. The average Bonchev–Trinajstić information content (AvgIpc) is 1.88. The Morgan fingerprint density at radius 1 is 1.50 bits per heavy atom. The van der Waals surface area contributed by atoms with Crippen molar-refractivity contribution in [2.75, 3.05) is 6.61 Å². The van der Waals surface area contributed by atoms with Crippen LogP contribution in [0.4, 0.5) is 0 Å². The maximum atomic E-state index is 5.67. The number of rotatable bonds is 1. The first-order valence-electron chi connectivity index (χ1n) is 4.28. The third kappa shape index (κ3) is 1.98. The van der Waals surface area contributed by atoms with Crippen LogP contribution in [0.5, 0.6) is 0 Å². The summed E-state index contributed by atoms with van der Waals surface area (Å²) < 4.78 is 5.67. The van der Waals surface area contributed by atoms with Gasteiger partial charge in [0.05, 0.1) is 12.2 Å². The molecule has 60 valence electrons. The second-order valence-corrected chi connectivity index (χ2v) is 3.88. The Morgan fingerprint density at radius 3 is 2.60 bits per heavy atom. The van der Waals surface area contributed by atoms with E-state index in [0.717, 1.165) is 12.5 Å². The highest BCUT2D eigenvalue weighted by Crippen LogP contribution is 2.28. The molecule has 1 heterocycles. The molecule has 1 rings (SSSR count). The van der Waals surface area contributed by atoms with Gasteiger partial charge in [-0.3, -0.25) is 0 Å². The zero-order chi connectivity index (χ0) is 7.61. The second kappa shape index (κ2) is 2.91. The Morgan fingerprint density at radius 2 is 2.20 bits per heavy atom. The maximum Gasteiger partial charge on any atom is 0.0626 e. The van der Waals surface area contributed by atoms with E-state index in [9.17, 15) is 0 Å². The SMILES string of the molecule is CCC1CCC(C)(C)OC1. The van der Waals surface area contributed by atoms with Crippen molar-refractivity contribution >= 4 is 0 Å². The van der Waals surface area contributed by atoms with Crippen molar-refractivity contribution in [3.8, 4) is 0 Å². The molecule has 1 saturated heterocycles. The van der Waals surface area contributed by atoms with Crippen molar-refractivity contribution in [1.29, 1.82) is 0 Å². The standard InChI is InChI=1S/C9H18O/c1-4-8-5-6-9(2,3)10-7-8/h8H,4-7H2,1-3H3. The fraction of sp³-hybridized carbons (Fsp3) is 1.00. The third-order valence-corrected chi connectivity index (χ3v) is 2.44. The lowest BCUT2D eigenvalue weighted by Gasteiger charge is -2.34. The van der Waals surface area contributed by atoms with Crippen molar-refractivity contribution in [1.82, 2.24) is 0 Å². The van der Waals surface area contributed by atoms with Gasteiger partial charge >= 0.3 is 0 Å². The Balaban J connectivity index is 2.31. The first-order valence-corrected chi connectivity index (χ1v) is 4.28. The summed E-state index contributed by atoms with van der Waals surface area (Å²) in [6, 6.07) is 0. The molecule has 1 fully saturated rings. The van der Waals surface area contributed by atoms with Crippen molar-refractivity contribution in [3.05, 3.63) is 0 Å². The van der Waals surface area contributed by atoms with Crippen LogP contribution in [-0.2, 0) is 4.74 Å². The zero-order valence-electron chi connectivity index (χ0n) is 7.31. The van der Waals surface area contributed by atoms with Gasteiger partial charge in [-0.15, -0.1) is 0 Å². The van der Waals surface area contributed by atoms with E-state index in [-0.39, 0.29) is 5.60 Å². The normalized spacial score (nSPS) is 32.1. The molecule has 0 spiro atoms. The van der Waals surface area contributed by atoms with E-state index in [1.54, 1.807) is 0 Å². The van der Waals surface area contributed by atoms with Gasteiger partial charge in [0.2, 0.25) is 0 Å². The highest BCUT2D eigenvalue weighted by molar-refractivity contribution is 4.76. The van der Waals surface area contributed by atoms with Gasteiger partial charge in [-0.25, -0.2) is 0 Å². The molecule has 1 heteroatoms. The van der Waals surface area contributed by atoms with Gasteiger partial charge in [0, 0.05) is 0 Å². The Labute approximate surface area is 63.8 Å². The van der Waals surface area contributed by atoms with Gasteiger partial charge in [-0.2, -0.15) is 0 Å². The highest BCUT2D eigenvalue weighted by Gasteiger charge is 2.26. The van der Waals surface area contributed by atoms with E-state index in [1.807, 2.05) is 0 Å². The van der Waals surface area contributed by atoms with Crippen molar-refractivity contribution < 1.29 is 4.74 Å². The predicted octanol–water partition coefficient (Wildman–Crippen LogP) is 2.60. The maximum absolute atomic E-state index is 5.67. The molecule has 0 radical (unpaired) electrons. The molecule has 0 aromatic heterocycles. The Bertz CT molecular complexity index is 97.3. The molecule has 0 saturated carbocycles. The lowest BCUT2D eigenvalue weighted by atomic mass is 9.90. The smallest absolute Gasteiger partial charge is 0.0626 e. The van der Waals surface area contributed by atoms with Gasteiger partial charge in [0.15, 0.2) is 0 Å². The summed E-state index contributed by atoms with van der Waals surface area (Å²) in [4.78, 5) is 0. The monoisotopic (exact) mass is 142 g/mol. The largest absolute Gasteiger partial charge is 0.375 e. The highest BCUT2D eigenvalue weighted by atomic mass is 16.5. The van der Waals surface area contributed by atoms with Crippen LogP contribution < -0.4 is 0 Å². The average molecular weight is 142 g/mol. The van der Waals surface area contributed by atoms with Gasteiger partial charge in [-0.05, 0) is 32.6 Å². The predicted molar refractivity (Wildman–Crippen MR) is 43.0 cm³/mol. The molecule has 0 aromatic carbocycles. The van der Waals surface area contributed by atoms with Crippen LogP contribution in [0.1, 0.15) is 40.0 Å². The van der Waals surface area contributed by atoms with Crippen LogP contribution >= 0.6 is 0 Å². The summed E-state index contributed by atoms with van der Waals surface area (Å²) >= 11 is 0. The van der Waals surface area contributed by atoms with Gasteiger partial charge in [-0.1, -0.05) is 13.3 Å². The third-order valence-electron chi connectivity index (χ3n) is 2.44. The molecule has 0 amide bonds. The molecular weight excluding hydrogens is 124 g/mol. The van der Waals surface area contributed by atoms with E-state index >= 15 is 0 Å². The molecule has 0 N–H and O–H groups in total. The Hall–Kier alpha value is -0.0400. The van der Waals surface area contributed by atoms with Crippen molar-refractivity contribution in [2.24, 2.45) is 5.92 Å². The summed E-state index contributed by atoms with van der Waals surface area (Å²) in [7, 11) is 0. The summed E-state index contributed by atoms with van der Waals surface area (Å²) in [5.74, 6) is 0.827. The molecule has 1 aliphatic heterocycles. The molecule has 1 aliphatic rings. The lowest BCUT2D eigenvalue weighted by molar-refractivity contribution is -0.0769. The fourth-order valence-corrected chi connectivity index (χ4v) is 1.37. The van der Waals surface area contributed by atoms with Gasteiger partial charge in [0.25, 0.3) is 0 Å². The number of ether oxygens (including phenoxy) is 1. The quantitative estimate of drug-likeness (QED) is 0.547. The van der Waals surface area contributed by atoms with E-state index in [2.05, 4.69) is 20.8 Å². The molecule has 10 heavy (non-hydrogen) atoms. The Kier molecular flexibility index (Phi) is 2.35. The minimum Gasteiger partial charge on any atom is -0.375 e. The first-order chi connectivity index (χ1) is 4.64. The van der Waals surface area contributed by atoms with E-state index < -0.39 is 0 Å². The molecular formula is C9H18O. The zero-order valence-corrected chi connectivity index (χ0v) is 7.31. The van der Waals surface area contributed by atoms with Crippen LogP contribution in [-0.4, -0.2) is 12.2 Å². The molecule has 0 aromatic rings. The topological polar surface area (TPSA) is 9.23 Å². The molecule has 1 nitrogen and oxygen atoms in total. The first kappa shape index (κ1) is 8.06. The van der Waals surface area contributed by atoms with Gasteiger partial charge < -0.3 is 4.74 Å². The van der Waals surface area contributed by atoms with E-state index in [0.29, 0.717) is 0 Å². The summed E-state index contributed by atoms with van der Waals surface area (Å²) in [5, 5.41) is 0. The van der Waals surface area contributed by atoms with Crippen LogP contribution in [0.2, 0.25) is 0 Å². The molecule has 1 atom stereocenters. The second-order valence-electron chi connectivity index (χ2n) is 3.88. The summed E-state index contributed by atoms with van der Waals surface area (Å²) in [5.41, 5.74) is 0.158. The minimum atomic E-state index is 0.158. The van der Waals surface area contributed by atoms with Gasteiger partial charge in [0.1, 0.15) is 0 Å². The summed E-state index contributed by atoms with van der Waals surface area (Å²) in [6.07, 6.45) is 3.85. The van der Waals surface area contributed by atoms with Crippen LogP contribution in [0, 0.1) is 5.92 Å². The van der Waals surface area contributed by atoms with E-state index in [1.165, 1.54) is 19.3 Å². The van der Waals surface area contributed by atoms with Crippen molar-refractivity contribution in [3.63, 3.8) is 0 Å². The summed E-state index contributed by atoms with van der Waals surface area (Å²) in [6.45, 7) is 7.58. The van der Waals surface area contributed by atoms with Crippen LogP contribution in [0.25, 0.3) is 0 Å². The van der Waals surface area contributed by atoms with E-state index in [4.69, 9.17) is 4.74 Å². The molecule has 1 unspecified atom stereocenters. The van der Waals surface area contributed by atoms with Crippen LogP contribution in [0.15, 0.2) is 0 Å². The molecule has 0 bridgehead atoms. The lowest BCUT2D eigenvalue weighted by Crippen LogP contribution is -2.33. The number of hydrogen-bond acceptors (Lipinski definition) is 1. The number of hydrogen-bond donors (Lipinski definition) is 0. The van der Waals surface area contributed by atoms with Crippen LogP contribution in [0.3, 0.4) is 0 Å². The van der Waals surface area contributed by atoms with Crippen molar-refractivity contribution in [2.45, 2.75) is 45.6 Å². The fourth-order valence-electron chi connectivity index (χ4n) is 1.37. The minimum absolute atomic E-state index is 0.158.